The predicted octanol–water partition coefficient (Wildman–Crippen LogP) is 3.32. The number of amidine groups is 1. The Morgan fingerprint density at radius 2 is 2.32 bits per heavy atom. The number of aliphatic hydroxyl groups is 1. The van der Waals surface area contributed by atoms with E-state index in [4.69, 9.17) is 21.3 Å². The van der Waals surface area contributed by atoms with Gasteiger partial charge in [0.1, 0.15) is 11.9 Å². The van der Waals surface area contributed by atoms with Crippen LogP contribution < -0.4 is 0 Å². The molecule has 2 aliphatic heterocycles. The molecule has 3 heterocycles. The molecule has 146 valence electrons. The number of nitrogens with zero attached hydrogens (tertiary/aromatic N) is 3. The molecule has 0 radical (unpaired) electrons. The second-order valence-electron chi connectivity index (χ2n) is 6.41. The molecule has 28 heavy (non-hydrogen) atoms. The standard InChI is InChI=1S/C19H17ClFN3O3S/c1-2-27-19(26)15-14-8-11(25)9-24(14)17(18-22-5-6-28-18)23-16(15)12-4-3-10(21)7-13(12)20/h3-7,11,16,25H,2,8-9H2,1H3. The second kappa shape index (κ2) is 7.62. The van der Waals surface area contributed by atoms with Crippen molar-refractivity contribution >= 4 is 34.7 Å². The van der Waals surface area contributed by atoms with Gasteiger partial charge in [0, 0.05) is 34.3 Å². The Labute approximate surface area is 169 Å². The van der Waals surface area contributed by atoms with Crippen LogP contribution in [0.15, 0.2) is 46.0 Å². The molecule has 6 nitrogen and oxygen atoms in total. The number of esters is 1. The minimum absolute atomic E-state index is 0.168. The summed E-state index contributed by atoms with van der Waals surface area (Å²) in [4.78, 5) is 23.7. The van der Waals surface area contributed by atoms with Gasteiger partial charge in [-0.25, -0.2) is 14.2 Å². The first-order valence-corrected chi connectivity index (χ1v) is 10.0. The van der Waals surface area contributed by atoms with E-state index >= 15 is 0 Å². The lowest BCUT2D eigenvalue weighted by atomic mass is 9.94. The van der Waals surface area contributed by atoms with Gasteiger partial charge in [0.25, 0.3) is 0 Å². The minimum atomic E-state index is -0.775. The maximum absolute atomic E-state index is 13.6. The van der Waals surface area contributed by atoms with Crippen LogP contribution in [0.5, 0.6) is 0 Å². The number of aliphatic hydroxyl groups excluding tert-OH is 1. The molecule has 2 aromatic rings. The predicted molar refractivity (Wildman–Crippen MR) is 104 cm³/mol. The number of carbonyl (C=O) groups is 1. The number of fused-ring (bicyclic) bond motifs is 1. The van der Waals surface area contributed by atoms with Crippen LogP contribution in [0.4, 0.5) is 4.39 Å². The van der Waals surface area contributed by atoms with Crippen LogP contribution >= 0.6 is 22.9 Å². The molecule has 9 heteroatoms. The topological polar surface area (TPSA) is 75.0 Å². The van der Waals surface area contributed by atoms with Crippen LogP contribution in [-0.4, -0.2) is 46.1 Å². The molecule has 1 N–H and O–H groups in total. The van der Waals surface area contributed by atoms with Crippen LogP contribution in [-0.2, 0) is 9.53 Å². The summed E-state index contributed by atoms with van der Waals surface area (Å²) in [5, 5.41) is 12.9. The zero-order valence-electron chi connectivity index (χ0n) is 14.9. The minimum Gasteiger partial charge on any atom is -0.463 e. The smallest absolute Gasteiger partial charge is 0.338 e. The van der Waals surface area contributed by atoms with Crippen molar-refractivity contribution in [2.24, 2.45) is 4.99 Å². The molecule has 0 saturated carbocycles. The van der Waals surface area contributed by atoms with Crippen LogP contribution in [0, 0.1) is 5.82 Å². The molecule has 1 saturated heterocycles. The van der Waals surface area contributed by atoms with Crippen LogP contribution in [0.2, 0.25) is 5.02 Å². The molecule has 1 aromatic heterocycles. The number of ether oxygens (including phenoxy) is 1. The molecule has 2 atom stereocenters. The molecule has 1 fully saturated rings. The molecule has 2 unspecified atom stereocenters. The Kier molecular flexibility index (Phi) is 5.18. The van der Waals surface area contributed by atoms with Crippen molar-refractivity contribution in [2.75, 3.05) is 13.2 Å². The van der Waals surface area contributed by atoms with Crippen molar-refractivity contribution in [3.8, 4) is 0 Å². The number of hydrogen-bond acceptors (Lipinski definition) is 7. The summed E-state index contributed by atoms with van der Waals surface area (Å²) in [7, 11) is 0. The number of aliphatic imine (C=N–C) groups is 1. The van der Waals surface area contributed by atoms with Crippen molar-refractivity contribution in [1.82, 2.24) is 9.88 Å². The van der Waals surface area contributed by atoms with E-state index in [1.54, 1.807) is 13.1 Å². The van der Waals surface area contributed by atoms with E-state index in [9.17, 15) is 14.3 Å². The van der Waals surface area contributed by atoms with Gasteiger partial charge in [0.05, 0.1) is 24.8 Å². The molecular weight excluding hydrogens is 405 g/mol. The zero-order valence-corrected chi connectivity index (χ0v) is 16.5. The molecule has 0 bridgehead atoms. The van der Waals surface area contributed by atoms with E-state index in [2.05, 4.69) is 4.98 Å². The van der Waals surface area contributed by atoms with Gasteiger partial charge < -0.3 is 14.7 Å². The quantitative estimate of drug-likeness (QED) is 0.766. The van der Waals surface area contributed by atoms with E-state index in [1.165, 1.54) is 29.5 Å². The van der Waals surface area contributed by atoms with E-state index in [1.807, 2.05) is 10.3 Å². The monoisotopic (exact) mass is 421 g/mol. The van der Waals surface area contributed by atoms with Gasteiger partial charge in [-0.1, -0.05) is 17.7 Å². The van der Waals surface area contributed by atoms with Crippen molar-refractivity contribution in [1.29, 1.82) is 0 Å². The highest BCUT2D eigenvalue weighted by Gasteiger charge is 2.42. The van der Waals surface area contributed by atoms with Gasteiger partial charge >= 0.3 is 5.97 Å². The largest absolute Gasteiger partial charge is 0.463 e. The van der Waals surface area contributed by atoms with E-state index in [0.717, 1.165) is 0 Å². The van der Waals surface area contributed by atoms with Crippen molar-refractivity contribution in [3.63, 3.8) is 0 Å². The third-order valence-corrected chi connectivity index (χ3v) is 5.71. The lowest BCUT2D eigenvalue weighted by molar-refractivity contribution is -0.139. The van der Waals surface area contributed by atoms with Crippen LogP contribution in [0.25, 0.3) is 0 Å². The number of hydrogen-bond donors (Lipinski definition) is 1. The van der Waals surface area contributed by atoms with Gasteiger partial charge in [-0.3, -0.25) is 4.99 Å². The third-order valence-electron chi connectivity index (χ3n) is 4.62. The summed E-state index contributed by atoms with van der Waals surface area (Å²) in [5.74, 6) is -0.444. The summed E-state index contributed by atoms with van der Waals surface area (Å²) in [6.07, 6.45) is 1.31. The fraction of sp³-hybridized carbons (Fsp3) is 0.316. The number of thiazole rings is 1. The average molecular weight is 422 g/mol. The van der Waals surface area contributed by atoms with Crippen molar-refractivity contribution < 1.29 is 19.0 Å². The first kappa shape index (κ1) is 19.0. The van der Waals surface area contributed by atoms with Crippen LogP contribution in [0.3, 0.4) is 0 Å². The lowest BCUT2D eigenvalue weighted by Gasteiger charge is -2.31. The number of carbonyl (C=O) groups excluding carboxylic acids is 1. The van der Waals surface area contributed by atoms with Gasteiger partial charge in [-0.2, -0.15) is 0 Å². The van der Waals surface area contributed by atoms with E-state index in [0.29, 0.717) is 34.2 Å². The summed E-state index contributed by atoms with van der Waals surface area (Å²) in [5.41, 5.74) is 1.44. The van der Waals surface area contributed by atoms with Gasteiger partial charge in [0.15, 0.2) is 10.8 Å². The fourth-order valence-corrected chi connectivity index (χ4v) is 4.41. The third kappa shape index (κ3) is 3.32. The highest BCUT2D eigenvalue weighted by molar-refractivity contribution is 7.11. The molecule has 0 spiro atoms. The molecule has 0 amide bonds. The van der Waals surface area contributed by atoms with Gasteiger partial charge in [-0.15, -0.1) is 11.3 Å². The SMILES string of the molecule is CCOC(=O)C1=C2CC(O)CN2C(c2nccs2)=NC1c1ccc(F)cc1Cl. The highest BCUT2D eigenvalue weighted by Crippen LogP contribution is 2.42. The van der Waals surface area contributed by atoms with Gasteiger partial charge in [0.2, 0.25) is 0 Å². The molecular formula is C19H17ClFN3O3S. The Balaban J connectivity index is 1.91. The summed E-state index contributed by atoms with van der Waals surface area (Å²) < 4.78 is 18.8. The number of aromatic nitrogens is 1. The maximum Gasteiger partial charge on any atom is 0.338 e. The Morgan fingerprint density at radius 3 is 3.00 bits per heavy atom. The normalized spacial score (nSPS) is 21.6. The molecule has 0 aliphatic carbocycles. The van der Waals surface area contributed by atoms with Gasteiger partial charge in [-0.05, 0) is 19.1 Å². The zero-order chi connectivity index (χ0) is 19.8. The first-order valence-electron chi connectivity index (χ1n) is 8.78. The van der Waals surface area contributed by atoms with Crippen LogP contribution in [0.1, 0.15) is 30.0 Å². The summed E-state index contributed by atoms with van der Waals surface area (Å²) in [6.45, 7) is 2.23. The Bertz CT molecular complexity index is 977. The maximum atomic E-state index is 13.6. The summed E-state index contributed by atoms with van der Waals surface area (Å²) in [6, 6.07) is 3.22. The number of benzene rings is 1. The highest BCUT2D eigenvalue weighted by atomic mass is 35.5. The van der Waals surface area contributed by atoms with E-state index < -0.39 is 23.9 Å². The summed E-state index contributed by atoms with van der Waals surface area (Å²) >= 11 is 7.70. The lowest BCUT2D eigenvalue weighted by Crippen LogP contribution is -2.36. The van der Waals surface area contributed by atoms with Crippen molar-refractivity contribution in [2.45, 2.75) is 25.5 Å². The van der Waals surface area contributed by atoms with Crippen molar-refractivity contribution in [3.05, 3.63) is 62.5 Å². The number of rotatable bonds is 4. The first-order chi connectivity index (χ1) is 13.5. The Hall–Kier alpha value is -2.29. The number of halogens is 2. The molecule has 2 aliphatic rings. The van der Waals surface area contributed by atoms with E-state index in [-0.39, 0.29) is 18.1 Å². The average Bonchev–Trinajstić information content (AvgIpc) is 3.29. The fourth-order valence-electron chi connectivity index (χ4n) is 3.49. The molecule has 4 rings (SSSR count). The molecule has 1 aromatic carbocycles. The second-order valence-corrected chi connectivity index (χ2v) is 7.71. The Morgan fingerprint density at radius 1 is 1.50 bits per heavy atom.